The fraction of sp³-hybridized carbons (Fsp3) is 0.200. The van der Waals surface area contributed by atoms with Crippen molar-refractivity contribution in [1.29, 1.82) is 0 Å². The summed E-state index contributed by atoms with van der Waals surface area (Å²) in [6.07, 6.45) is 0. The van der Waals surface area contributed by atoms with Crippen molar-refractivity contribution < 1.29 is 9.59 Å². The average molecular weight is 393 g/mol. The zero-order valence-electron chi connectivity index (χ0n) is 15.5. The van der Waals surface area contributed by atoms with Crippen LogP contribution in [0.5, 0.6) is 0 Å². The Morgan fingerprint density at radius 1 is 1.11 bits per heavy atom. The highest BCUT2D eigenvalue weighted by Gasteiger charge is 2.43. The van der Waals surface area contributed by atoms with Crippen molar-refractivity contribution in [2.45, 2.75) is 24.5 Å². The van der Waals surface area contributed by atoms with Crippen molar-refractivity contribution in [3.8, 4) is 11.4 Å². The Kier molecular flexibility index (Phi) is 4.64. The van der Waals surface area contributed by atoms with Gasteiger partial charge in [-0.2, -0.15) is 0 Å². The molecule has 1 aromatic heterocycles. The molecule has 142 valence electrons. The second kappa shape index (κ2) is 7.12. The molecule has 4 rings (SSSR count). The van der Waals surface area contributed by atoms with Gasteiger partial charge in [0.15, 0.2) is 5.82 Å². The summed E-state index contributed by atoms with van der Waals surface area (Å²) in [7, 11) is 0. The number of benzene rings is 2. The molecule has 1 aliphatic rings. The summed E-state index contributed by atoms with van der Waals surface area (Å²) in [5, 5.41) is 10.4. The van der Waals surface area contributed by atoms with E-state index in [2.05, 4.69) is 20.5 Å². The Morgan fingerprint density at radius 3 is 2.61 bits per heavy atom. The summed E-state index contributed by atoms with van der Waals surface area (Å²) in [4.78, 5) is 31.5. The van der Waals surface area contributed by atoms with E-state index in [0.717, 1.165) is 5.56 Å². The molecule has 3 aromatic rings. The molecular weight excluding hydrogens is 374 g/mol. The van der Waals surface area contributed by atoms with E-state index in [9.17, 15) is 9.59 Å². The van der Waals surface area contributed by atoms with E-state index in [1.54, 1.807) is 24.8 Å². The maximum absolute atomic E-state index is 13.0. The number of fused-ring (bicyclic) bond motifs is 1. The minimum absolute atomic E-state index is 0.122. The summed E-state index contributed by atoms with van der Waals surface area (Å²) in [5.74, 6) is 0.382. The third kappa shape index (κ3) is 3.27. The van der Waals surface area contributed by atoms with E-state index >= 15 is 0 Å². The average Bonchev–Trinajstić information content (AvgIpc) is 3.17. The van der Waals surface area contributed by atoms with Crippen molar-refractivity contribution in [2.24, 2.45) is 0 Å². The summed E-state index contributed by atoms with van der Waals surface area (Å²) >= 11 is 1.24. The van der Waals surface area contributed by atoms with Gasteiger partial charge in [0, 0.05) is 5.56 Å². The van der Waals surface area contributed by atoms with Gasteiger partial charge in [0.2, 0.25) is 17.0 Å². The van der Waals surface area contributed by atoms with E-state index < -0.39 is 5.54 Å². The molecule has 28 heavy (non-hydrogen) atoms. The molecule has 0 saturated carbocycles. The van der Waals surface area contributed by atoms with Gasteiger partial charge in [0.05, 0.1) is 17.1 Å². The highest BCUT2D eigenvalue weighted by atomic mass is 32.2. The molecule has 2 amide bonds. The zero-order chi connectivity index (χ0) is 19.7. The molecule has 1 aliphatic heterocycles. The number of H-pyrrole nitrogens is 1. The number of hydrogen-bond donors (Lipinski definition) is 2. The third-order valence-corrected chi connectivity index (χ3v) is 5.43. The number of para-hydroxylation sites is 2. The van der Waals surface area contributed by atoms with Crippen molar-refractivity contribution in [3.05, 3.63) is 54.6 Å². The van der Waals surface area contributed by atoms with Crippen LogP contribution in [0, 0.1) is 0 Å². The van der Waals surface area contributed by atoms with Gasteiger partial charge in [0.25, 0.3) is 0 Å². The predicted octanol–water partition coefficient (Wildman–Crippen LogP) is 3.33. The van der Waals surface area contributed by atoms with Gasteiger partial charge >= 0.3 is 0 Å². The van der Waals surface area contributed by atoms with E-state index in [4.69, 9.17) is 0 Å². The number of amides is 2. The van der Waals surface area contributed by atoms with Crippen LogP contribution in [0.3, 0.4) is 0 Å². The first-order valence-electron chi connectivity index (χ1n) is 8.81. The smallest absolute Gasteiger partial charge is 0.250 e. The van der Waals surface area contributed by atoms with Crippen LogP contribution in [0.25, 0.3) is 11.4 Å². The van der Waals surface area contributed by atoms with Crippen molar-refractivity contribution in [2.75, 3.05) is 16.0 Å². The molecule has 0 aliphatic carbocycles. The van der Waals surface area contributed by atoms with Crippen LogP contribution in [-0.4, -0.2) is 38.3 Å². The fourth-order valence-electron chi connectivity index (χ4n) is 3.13. The van der Waals surface area contributed by atoms with E-state index in [1.807, 2.05) is 48.5 Å². The largest absolute Gasteiger partial charge is 0.322 e. The van der Waals surface area contributed by atoms with Gasteiger partial charge in [-0.3, -0.25) is 19.6 Å². The summed E-state index contributed by atoms with van der Waals surface area (Å²) in [6, 6.07) is 17.0. The molecule has 7 nitrogen and oxygen atoms in total. The van der Waals surface area contributed by atoms with Gasteiger partial charge in [-0.1, -0.05) is 54.2 Å². The lowest BCUT2D eigenvalue weighted by atomic mass is 9.96. The van der Waals surface area contributed by atoms with Gasteiger partial charge in [-0.05, 0) is 26.0 Å². The monoisotopic (exact) mass is 393 g/mol. The fourth-order valence-corrected chi connectivity index (χ4v) is 3.77. The first-order valence-corrected chi connectivity index (χ1v) is 9.79. The van der Waals surface area contributed by atoms with Crippen molar-refractivity contribution in [3.63, 3.8) is 0 Å². The number of nitrogens with zero attached hydrogens (tertiary/aromatic N) is 3. The maximum Gasteiger partial charge on any atom is 0.250 e. The van der Waals surface area contributed by atoms with Crippen LogP contribution < -0.4 is 10.2 Å². The first-order chi connectivity index (χ1) is 13.5. The number of rotatable bonds is 4. The van der Waals surface area contributed by atoms with Crippen LogP contribution >= 0.6 is 11.8 Å². The standard InChI is InChI=1S/C20H19N5O2S/c1-20(2)18(27)21-14-10-6-7-11-15(14)25(20)16(26)12-28-19-22-17(23-24-19)13-8-4-3-5-9-13/h3-11H,12H2,1-2H3,(H,21,27)(H,22,23,24). The summed E-state index contributed by atoms with van der Waals surface area (Å²) in [5.41, 5.74) is 1.27. The van der Waals surface area contributed by atoms with Crippen LogP contribution in [0.15, 0.2) is 59.8 Å². The van der Waals surface area contributed by atoms with E-state index in [-0.39, 0.29) is 17.6 Å². The van der Waals surface area contributed by atoms with Crippen LogP contribution in [-0.2, 0) is 9.59 Å². The summed E-state index contributed by atoms with van der Waals surface area (Å²) in [6.45, 7) is 3.47. The Morgan fingerprint density at radius 2 is 1.82 bits per heavy atom. The first kappa shape index (κ1) is 18.2. The number of hydrogen-bond acceptors (Lipinski definition) is 5. The number of anilines is 2. The molecule has 8 heteroatoms. The van der Waals surface area contributed by atoms with Crippen LogP contribution in [0.2, 0.25) is 0 Å². The van der Waals surface area contributed by atoms with E-state index in [0.29, 0.717) is 22.4 Å². The topological polar surface area (TPSA) is 91.0 Å². The van der Waals surface area contributed by atoms with Crippen LogP contribution in [0.4, 0.5) is 11.4 Å². The van der Waals surface area contributed by atoms with Gasteiger partial charge < -0.3 is 5.32 Å². The second-order valence-corrected chi connectivity index (χ2v) is 7.82. The molecule has 0 bridgehead atoms. The Balaban J connectivity index is 1.52. The minimum Gasteiger partial charge on any atom is -0.322 e. The lowest BCUT2D eigenvalue weighted by Crippen LogP contribution is -2.58. The number of aromatic nitrogens is 3. The minimum atomic E-state index is -0.986. The van der Waals surface area contributed by atoms with Crippen molar-refractivity contribution >= 4 is 35.0 Å². The second-order valence-electron chi connectivity index (χ2n) is 6.88. The highest BCUT2D eigenvalue weighted by Crippen LogP contribution is 2.37. The highest BCUT2D eigenvalue weighted by molar-refractivity contribution is 7.99. The number of carbonyl (C=O) groups excluding carboxylic acids is 2. The normalized spacial score (nSPS) is 15.1. The zero-order valence-corrected chi connectivity index (χ0v) is 16.3. The van der Waals surface area contributed by atoms with Gasteiger partial charge in [-0.25, -0.2) is 4.98 Å². The van der Waals surface area contributed by atoms with Crippen molar-refractivity contribution in [1.82, 2.24) is 15.2 Å². The third-order valence-electron chi connectivity index (χ3n) is 4.59. The quantitative estimate of drug-likeness (QED) is 0.664. The SMILES string of the molecule is CC1(C)C(=O)Nc2ccccc2N1C(=O)CSc1n[nH]c(-c2ccccc2)n1. The lowest BCUT2D eigenvalue weighted by molar-refractivity contribution is -0.125. The molecule has 2 heterocycles. The Bertz CT molecular complexity index is 1030. The number of thioether (sulfide) groups is 1. The Hall–Kier alpha value is -3.13. The predicted molar refractivity (Wildman–Crippen MR) is 109 cm³/mol. The van der Waals surface area contributed by atoms with Gasteiger partial charge in [0.1, 0.15) is 5.54 Å². The molecule has 2 N–H and O–H groups in total. The molecule has 0 spiro atoms. The Labute approximate surface area is 166 Å². The molecule has 0 saturated heterocycles. The van der Waals surface area contributed by atoms with E-state index in [1.165, 1.54) is 11.8 Å². The lowest BCUT2D eigenvalue weighted by Gasteiger charge is -2.42. The van der Waals surface area contributed by atoms with Crippen LogP contribution in [0.1, 0.15) is 13.8 Å². The molecule has 0 atom stereocenters. The molecule has 0 unspecified atom stereocenters. The molecular formula is C20H19N5O2S. The molecule has 0 radical (unpaired) electrons. The number of nitrogens with one attached hydrogen (secondary N) is 2. The van der Waals surface area contributed by atoms with Gasteiger partial charge in [-0.15, -0.1) is 5.10 Å². The number of aromatic amines is 1. The molecule has 2 aromatic carbocycles. The maximum atomic E-state index is 13.0. The molecule has 0 fully saturated rings. The number of carbonyl (C=O) groups is 2. The summed E-state index contributed by atoms with van der Waals surface area (Å²) < 4.78 is 0.